The minimum absolute atomic E-state index is 0.0492. The zero-order valence-electron chi connectivity index (χ0n) is 18.7. The van der Waals surface area contributed by atoms with Gasteiger partial charge in [-0.1, -0.05) is 11.2 Å². The van der Waals surface area contributed by atoms with E-state index in [1.807, 2.05) is 51.1 Å². The number of anilines is 2. The van der Waals surface area contributed by atoms with Crippen molar-refractivity contribution in [1.29, 1.82) is 0 Å². The third-order valence-corrected chi connectivity index (χ3v) is 5.54. The normalized spacial score (nSPS) is 16.0. The van der Waals surface area contributed by atoms with Crippen molar-refractivity contribution in [3.8, 4) is 11.4 Å². The summed E-state index contributed by atoms with van der Waals surface area (Å²) in [5.74, 6) is 0.813. The Morgan fingerprint density at radius 3 is 2.56 bits per heavy atom. The first-order valence-electron chi connectivity index (χ1n) is 10.7. The van der Waals surface area contributed by atoms with Gasteiger partial charge in [-0.15, -0.1) is 0 Å². The third-order valence-electron chi connectivity index (χ3n) is 5.54. The van der Waals surface area contributed by atoms with Crippen molar-refractivity contribution < 1.29 is 14.1 Å². The van der Waals surface area contributed by atoms with Gasteiger partial charge in [0.15, 0.2) is 0 Å². The van der Waals surface area contributed by atoms with Crippen LogP contribution in [0, 0.1) is 13.8 Å². The summed E-state index contributed by atoms with van der Waals surface area (Å²) in [6, 6.07) is 13.0. The van der Waals surface area contributed by atoms with E-state index in [-0.39, 0.29) is 23.9 Å². The maximum atomic E-state index is 12.6. The monoisotopic (exact) mass is 433 g/mol. The number of nitrogens with one attached hydrogen (secondary N) is 2. The lowest BCUT2D eigenvalue weighted by atomic mass is 10.1. The molecule has 0 saturated carbocycles. The van der Waals surface area contributed by atoms with E-state index < -0.39 is 0 Å². The molecule has 2 heterocycles. The molecule has 3 amide bonds. The van der Waals surface area contributed by atoms with Gasteiger partial charge < -0.3 is 20.1 Å². The summed E-state index contributed by atoms with van der Waals surface area (Å²) in [6.45, 7) is 8.40. The molecule has 0 spiro atoms. The molecule has 166 valence electrons. The summed E-state index contributed by atoms with van der Waals surface area (Å²) in [7, 11) is 0. The lowest BCUT2D eigenvalue weighted by Crippen LogP contribution is -2.34. The van der Waals surface area contributed by atoms with E-state index >= 15 is 0 Å². The van der Waals surface area contributed by atoms with Gasteiger partial charge in [-0.25, -0.2) is 4.79 Å². The van der Waals surface area contributed by atoms with E-state index in [1.165, 1.54) is 5.56 Å². The molecule has 2 aromatic carbocycles. The quantitative estimate of drug-likeness (QED) is 0.621. The minimum Gasteiger partial charge on any atom is -0.339 e. The van der Waals surface area contributed by atoms with Gasteiger partial charge in [0, 0.05) is 35.9 Å². The topological polar surface area (TPSA) is 100 Å². The van der Waals surface area contributed by atoms with Crippen molar-refractivity contribution in [3.05, 3.63) is 59.5 Å². The van der Waals surface area contributed by atoms with Gasteiger partial charge in [0.1, 0.15) is 0 Å². The number of benzene rings is 2. The van der Waals surface area contributed by atoms with Gasteiger partial charge in [-0.3, -0.25) is 4.79 Å². The fraction of sp³-hybridized carbons (Fsp3) is 0.333. The van der Waals surface area contributed by atoms with Crippen LogP contribution in [0.1, 0.15) is 43.2 Å². The summed E-state index contributed by atoms with van der Waals surface area (Å²) in [5, 5.41) is 9.65. The summed E-state index contributed by atoms with van der Waals surface area (Å²) < 4.78 is 5.50. The molecule has 1 atom stereocenters. The van der Waals surface area contributed by atoms with Crippen molar-refractivity contribution in [2.45, 2.75) is 46.1 Å². The molecule has 3 aromatic rings. The number of carbonyl (C=O) groups is 2. The predicted molar refractivity (Wildman–Crippen MR) is 123 cm³/mol. The van der Waals surface area contributed by atoms with Gasteiger partial charge in [-0.05, 0) is 75.2 Å². The van der Waals surface area contributed by atoms with Crippen molar-refractivity contribution in [2.75, 3.05) is 16.8 Å². The number of carbonyl (C=O) groups excluding carboxylic acids is 2. The Hall–Kier alpha value is -3.68. The molecular formula is C24H27N5O3. The van der Waals surface area contributed by atoms with Crippen LogP contribution in [-0.2, 0) is 4.79 Å². The second-order valence-corrected chi connectivity index (χ2v) is 8.46. The van der Waals surface area contributed by atoms with Crippen LogP contribution in [0.2, 0.25) is 0 Å². The zero-order chi connectivity index (χ0) is 22.8. The van der Waals surface area contributed by atoms with E-state index in [4.69, 9.17) is 4.52 Å². The van der Waals surface area contributed by atoms with Crippen LogP contribution in [0.5, 0.6) is 0 Å². The Morgan fingerprint density at radius 1 is 1.12 bits per heavy atom. The van der Waals surface area contributed by atoms with E-state index in [2.05, 4.69) is 27.7 Å². The molecule has 1 aliphatic rings. The number of aromatic nitrogens is 2. The van der Waals surface area contributed by atoms with Gasteiger partial charge in [-0.2, -0.15) is 4.98 Å². The average Bonchev–Trinajstić information content (AvgIpc) is 3.37. The summed E-state index contributed by atoms with van der Waals surface area (Å²) in [6.07, 6.45) is 0.336. The maximum absolute atomic E-state index is 12.6. The Bertz CT molecular complexity index is 1140. The fourth-order valence-corrected chi connectivity index (χ4v) is 3.67. The van der Waals surface area contributed by atoms with Crippen LogP contribution in [0.25, 0.3) is 11.4 Å². The van der Waals surface area contributed by atoms with E-state index in [0.717, 1.165) is 16.8 Å². The SMILES string of the molecule is Cc1ccc(N2C[C@@H](c3nc(-c4ccc(NC(=O)NC(C)C)cc4)no3)CC2=O)cc1C. The number of urea groups is 1. The Morgan fingerprint density at radius 2 is 1.88 bits per heavy atom. The Kier molecular flexibility index (Phi) is 5.94. The second-order valence-electron chi connectivity index (χ2n) is 8.46. The lowest BCUT2D eigenvalue weighted by molar-refractivity contribution is -0.117. The first kappa shape index (κ1) is 21.5. The molecule has 4 rings (SSSR count). The summed E-state index contributed by atoms with van der Waals surface area (Å²) >= 11 is 0. The van der Waals surface area contributed by atoms with Crippen molar-refractivity contribution in [2.24, 2.45) is 0 Å². The van der Waals surface area contributed by atoms with Crippen LogP contribution in [0.4, 0.5) is 16.2 Å². The lowest BCUT2D eigenvalue weighted by Gasteiger charge is -2.17. The molecule has 1 fully saturated rings. The highest BCUT2D eigenvalue weighted by Gasteiger charge is 2.35. The molecule has 0 aliphatic carbocycles. The number of rotatable bonds is 5. The van der Waals surface area contributed by atoms with Crippen molar-refractivity contribution >= 4 is 23.3 Å². The average molecular weight is 434 g/mol. The highest BCUT2D eigenvalue weighted by molar-refractivity contribution is 5.96. The number of hydrogen-bond acceptors (Lipinski definition) is 5. The molecule has 0 radical (unpaired) electrons. The molecular weight excluding hydrogens is 406 g/mol. The van der Waals surface area contributed by atoms with Crippen LogP contribution in [0.3, 0.4) is 0 Å². The van der Waals surface area contributed by atoms with Crippen LogP contribution in [-0.4, -0.2) is 34.7 Å². The van der Waals surface area contributed by atoms with E-state index in [9.17, 15) is 9.59 Å². The number of aryl methyl sites for hydroxylation is 2. The number of amides is 3. The molecule has 1 aliphatic heterocycles. The predicted octanol–water partition coefficient (Wildman–Crippen LogP) is 4.40. The molecule has 32 heavy (non-hydrogen) atoms. The van der Waals surface area contributed by atoms with Crippen LogP contribution >= 0.6 is 0 Å². The zero-order valence-corrected chi connectivity index (χ0v) is 18.7. The third kappa shape index (κ3) is 4.64. The first-order valence-corrected chi connectivity index (χ1v) is 10.7. The standard InChI is InChI=1S/C24H27N5O3/c1-14(2)25-24(31)26-19-8-6-17(7-9-19)22-27-23(32-28-22)18-12-21(30)29(13-18)20-10-5-15(3)16(4)11-20/h5-11,14,18H,12-13H2,1-4H3,(H2,25,26,31)/t18-/m0/s1. The van der Waals surface area contributed by atoms with Crippen LogP contribution in [0.15, 0.2) is 47.0 Å². The fourth-order valence-electron chi connectivity index (χ4n) is 3.67. The molecule has 8 nitrogen and oxygen atoms in total. The largest absolute Gasteiger partial charge is 0.339 e. The Balaban J connectivity index is 1.44. The highest BCUT2D eigenvalue weighted by Crippen LogP contribution is 2.32. The maximum Gasteiger partial charge on any atom is 0.319 e. The molecule has 8 heteroatoms. The van der Waals surface area contributed by atoms with Gasteiger partial charge in [0.05, 0.1) is 5.92 Å². The second kappa shape index (κ2) is 8.82. The number of hydrogen-bond donors (Lipinski definition) is 2. The van der Waals surface area contributed by atoms with E-state index in [1.54, 1.807) is 17.0 Å². The molecule has 1 saturated heterocycles. The summed E-state index contributed by atoms with van der Waals surface area (Å²) in [5.41, 5.74) is 4.68. The van der Waals surface area contributed by atoms with Crippen molar-refractivity contribution in [1.82, 2.24) is 15.5 Å². The van der Waals surface area contributed by atoms with Gasteiger partial charge in [0.2, 0.25) is 17.6 Å². The molecule has 2 N–H and O–H groups in total. The van der Waals surface area contributed by atoms with Gasteiger partial charge >= 0.3 is 6.03 Å². The molecule has 0 unspecified atom stereocenters. The number of nitrogens with zero attached hydrogens (tertiary/aromatic N) is 3. The minimum atomic E-state index is -0.256. The van der Waals surface area contributed by atoms with Gasteiger partial charge in [0.25, 0.3) is 0 Å². The van der Waals surface area contributed by atoms with Crippen LogP contribution < -0.4 is 15.5 Å². The highest BCUT2D eigenvalue weighted by atomic mass is 16.5. The first-order chi connectivity index (χ1) is 15.3. The summed E-state index contributed by atoms with van der Waals surface area (Å²) in [4.78, 5) is 30.8. The molecule has 1 aromatic heterocycles. The molecule has 0 bridgehead atoms. The smallest absolute Gasteiger partial charge is 0.319 e. The van der Waals surface area contributed by atoms with Crippen molar-refractivity contribution in [3.63, 3.8) is 0 Å². The Labute approximate surface area is 187 Å². The van der Waals surface area contributed by atoms with E-state index in [0.29, 0.717) is 30.4 Å².